The Hall–Kier alpha value is -2.17. The van der Waals surface area contributed by atoms with Gasteiger partial charge in [0.05, 0.1) is 25.9 Å². The number of nitrogens with zero attached hydrogens (tertiary/aromatic N) is 1. The summed E-state index contributed by atoms with van der Waals surface area (Å²) in [6.07, 6.45) is 0.679. The van der Waals surface area contributed by atoms with Gasteiger partial charge in [-0.2, -0.15) is 0 Å². The molecule has 4 heteroatoms. The molecule has 1 atom stereocenters. The summed E-state index contributed by atoms with van der Waals surface area (Å²) in [5, 5.41) is 0. The van der Waals surface area contributed by atoms with E-state index in [-0.39, 0.29) is 5.78 Å². The van der Waals surface area contributed by atoms with Crippen molar-refractivity contribution in [2.75, 3.05) is 33.4 Å². The van der Waals surface area contributed by atoms with Crippen LogP contribution in [-0.2, 0) is 11.2 Å². The van der Waals surface area contributed by atoms with E-state index in [1.807, 2.05) is 42.5 Å². The van der Waals surface area contributed by atoms with Crippen molar-refractivity contribution in [3.63, 3.8) is 0 Å². The van der Waals surface area contributed by atoms with Gasteiger partial charge in [0.25, 0.3) is 0 Å². The van der Waals surface area contributed by atoms with Crippen LogP contribution in [0.2, 0.25) is 0 Å². The van der Waals surface area contributed by atoms with E-state index in [2.05, 4.69) is 24.0 Å². The number of carbonyl (C=O) groups excluding carboxylic acids is 1. The summed E-state index contributed by atoms with van der Waals surface area (Å²) in [6, 6.07) is 17.6. The first-order valence-electron chi connectivity index (χ1n) is 8.69. The van der Waals surface area contributed by atoms with Crippen molar-refractivity contribution in [2.24, 2.45) is 0 Å². The lowest BCUT2D eigenvalue weighted by Crippen LogP contribution is -2.57. The number of benzene rings is 2. The molecule has 1 saturated heterocycles. The fraction of sp³-hybridized carbons (Fsp3) is 0.381. The molecular weight excluding hydrogens is 314 g/mol. The van der Waals surface area contributed by atoms with E-state index in [9.17, 15) is 4.79 Å². The molecule has 0 aromatic heterocycles. The molecule has 0 radical (unpaired) electrons. The van der Waals surface area contributed by atoms with Crippen LogP contribution in [0.15, 0.2) is 54.6 Å². The summed E-state index contributed by atoms with van der Waals surface area (Å²) in [6.45, 7) is 4.93. The standard InChI is InChI=1S/C21H25NO3/c1-21(22-12-14-25-15-13-22,16-17-6-4-3-5-7-17)20(23)18-8-10-19(24-2)11-9-18/h3-11H,12-16H2,1-2H3. The largest absolute Gasteiger partial charge is 0.497 e. The highest BCUT2D eigenvalue weighted by Crippen LogP contribution is 2.27. The highest BCUT2D eigenvalue weighted by molar-refractivity contribution is 6.03. The molecule has 2 aromatic carbocycles. The molecule has 1 unspecified atom stereocenters. The van der Waals surface area contributed by atoms with E-state index in [0.717, 1.165) is 18.8 Å². The monoisotopic (exact) mass is 339 g/mol. The molecule has 0 saturated carbocycles. The van der Waals surface area contributed by atoms with Crippen LogP contribution in [0.1, 0.15) is 22.8 Å². The number of Topliss-reactive ketones (excluding diaryl/α,β-unsaturated/α-hetero) is 1. The fourth-order valence-corrected chi connectivity index (χ4v) is 3.44. The maximum Gasteiger partial charge on any atom is 0.183 e. The predicted octanol–water partition coefficient (Wildman–Crippen LogP) is 3.21. The molecule has 0 N–H and O–H groups in total. The van der Waals surface area contributed by atoms with E-state index in [0.29, 0.717) is 25.2 Å². The lowest BCUT2D eigenvalue weighted by atomic mass is 9.83. The number of ketones is 1. The van der Waals surface area contributed by atoms with Crippen molar-refractivity contribution in [3.05, 3.63) is 65.7 Å². The lowest BCUT2D eigenvalue weighted by molar-refractivity contribution is -0.00948. The van der Waals surface area contributed by atoms with Gasteiger partial charge in [-0.15, -0.1) is 0 Å². The van der Waals surface area contributed by atoms with Gasteiger partial charge in [-0.1, -0.05) is 30.3 Å². The molecule has 1 fully saturated rings. The van der Waals surface area contributed by atoms with Crippen LogP contribution in [0.3, 0.4) is 0 Å². The second kappa shape index (κ2) is 7.81. The lowest BCUT2D eigenvalue weighted by Gasteiger charge is -2.42. The van der Waals surface area contributed by atoms with Crippen LogP contribution < -0.4 is 4.74 Å². The number of ether oxygens (including phenoxy) is 2. The number of carbonyl (C=O) groups is 1. The van der Waals surface area contributed by atoms with Gasteiger partial charge in [0.1, 0.15) is 5.75 Å². The van der Waals surface area contributed by atoms with E-state index < -0.39 is 5.54 Å². The van der Waals surface area contributed by atoms with Crippen LogP contribution in [0, 0.1) is 0 Å². The fourth-order valence-electron chi connectivity index (χ4n) is 3.44. The Morgan fingerprint density at radius 1 is 1.08 bits per heavy atom. The maximum absolute atomic E-state index is 13.4. The Morgan fingerprint density at radius 3 is 2.32 bits per heavy atom. The van der Waals surface area contributed by atoms with Gasteiger partial charge in [0.15, 0.2) is 5.78 Å². The smallest absolute Gasteiger partial charge is 0.183 e. The molecule has 4 nitrogen and oxygen atoms in total. The second-order valence-electron chi connectivity index (χ2n) is 6.59. The second-order valence-corrected chi connectivity index (χ2v) is 6.59. The van der Waals surface area contributed by atoms with Gasteiger partial charge >= 0.3 is 0 Å². The van der Waals surface area contributed by atoms with Crippen molar-refractivity contribution in [3.8, 4) is 5.75 Å². The van der Waals surface area contributed by atoms with Crippen molar-refractivity contribution >= 4 is 5.78 Å². The molecule has 2 aromatic rings. The Bertz CT molecular complexity index is 693. The number of methoxy groups -OCH3 is 1. The zero-order valence-electron chi connectivity index (χ0n) is 14.9. The molecule has 25 heavy (non-hydrogen) atoms. The van der Waals surface area contributed by atoms with Crippen molar-refractivity contribution < 1.29 is 14.3 Å². The van der Waals surface area contributed by atoms with E-state index in [1.165, 1.54) is 5.56 Å². The minimum atomic E-state index is -0.597. The van der Waals surface area contributed by atoms with Gasteiger partial charge in [-0.25, -0.2) is 0 Å². The minimum Gasteiger partial charge on any atom is -0.497 e. The minimum absolute atomic E-state index is 0.140. The summed E-state index contributed by atoms with van der Waals surface area (Å²) >= 11 is 0. The summed E-state index contributed by atoms with van der Waals surface area (Å²) in [5.74, 6) is 0.897. The maximum atomic E-state index is 13.4. The molecule has 3 rings (SSSR count). The van der Waals surface area contributed by atoms with Gasteiger partial charge < -0.3 is 9.47 Å². The summed E-state index contributed by atoms with van der Waals surface area (Å²) in [4.78, 5) is 15.7. The van der Waals surface area contributed by atoms with Crippen molar-refractivity contribution in [1.82, 2.24) is 4.90 Å². The Balaban J connectivity index is 1.92. The third-order valence-electron chi connectivity index (χ3n) is 4.94. The zero-order chi connectivity index (χ0) is 17.7. The molecule has 0 amide bonds. The van der Waals surface area contributed by atoms with Gasteiger partial charge in [-0.05, 0) is 43.2 Å². The van der Waals surface area contributed by atoms with Crippen LogP contribution in [-0.4, -0.2) is 49.6 Å². The van der Waals surface area contributed by atoms with Crippen LogP contribution in [0.5, 0.6) is 5.75 Å². The molecule has 1 aliphatic heterocycles. The van der Waals surface area contributed by atoms with E-state index in [1.54, 1.807) is 7.11 Å². The molecule has 0 spiro atoms. The quantitative estimate of drug-likeness (QED) is 0.758. The van der Waals surface area contributed by atoms with Crippen LogP contribution in [0.4, 0.5) is 0 Å². The first-order chi connectivity index (χ1) is 12.1. The molecule has 0 bridgehead atoms. The van der Waals surface area contributed by atoms with Crippen LogP contribution >= 0.6 is 0 Å². The number of rotatable bonds is 6. The highest BCUT2D eigenvalue weighted by atomic mass is 16.5. The SMILES string of the molecule is COc1ccc(C(=O)C(C)(Cc2ccccc2)N2CCOCC2)cc1. The van der Waals surface area contributed by atoms with Gasteiger partial charge in [0.2, 0.25) is 0 Å². The summed E-state index contributed by atoms with van der Waals surface area (Å²) < 4.78 is 10.7. The number of hydrogen-bond donors (Lipinski definition) is 0. The Morgan fingerprint density at radius 2 is 1.72 bits per heavy atom. The first-order valence-corrected chi connectivity index (χ1v) is 8.69. The van der Waals surface area contributed by atoms with Gasteiger partial charge in [0, 0.05) is 18.7 Å². The average Bonchev–Trinajstić information content (AvgIpc) is 2.69. The molecule has 0 aliphatic carbocycles. The highest BCUT2D eigenvalue weighted by Gasteiger charge is 2.40. The Kier molecular flexibility index (Phi) is 5.51. The third-order valence-corrected chi connectivity index (χ3v) is 4.94. The normalized spacial score (nSPS) is 17.7. The molecule has 1 heterocycles. The third kappa shape index (κ3) is 3.91. The van der Waals surface area contributed by atoms with E-state index in [4.69, 9.17) is 9.47 Å². The molecule has 132 valence electrons. The predicted molar refractivity (Wildman–Crippen MR) is 98.3 cm³/mol. The summed E-state index contributed by atoms with van der Waals surface area (Å²) in [7, 11) is 1.63. The number of morpholine rings is 1. The summed E-state index contributed by atoms with van der Waals surface area (Å²) in [5.41, 5.74) is 1.28. The van der Waals surface area contributed by atoms with E-state index >= 15 is 0 Å². The molecule has 1 aliphatic rings. The van der Waals surface area contributed by atoms with Crippen molar-refractivity contribution in [1.29, 1.82) is 0 Å². The Labute approximate surface area is 149 Å². The zero-order valence-corrected chi connectivity index (χ0v) is 14.9. The first kappa shape index (κ1) is 17.6. The van der Waals surface area contributed by atoms with Gasteiger partial charge in [-0.3, -0.25) is 9.69 Å². The topological polar surface area (TPSA) is 38.8 Å². The van der Waals surface area contributed by atoms with Crippen LogP contribution in [0.25, 0.3) is 0 Å². The average molecular weight is 339 g/mol. The number of hydrogen-bond acceptors (Lipinski definition) is 4. The van der Waals surface area contributed by atoms with Crippen molar-refractivity contribution in [2.45, 2.75) is 18.9 Å². The molecular formula is C21H25NO3.